The van der Waals surface area contributed by atoms with E-state index in [1.807, 2.05) is 4.90 Å². The number of piperazine rings is 1. The van der Waals surface area contributed by atoms with Crippen molar-refractivity contribution in [1.82, 2.24) is 24.5 Å². The number of hydrogen-bond acceptors (Lipinski definition) is 30. The van der Waals surface area contributed by atoms with E-state index < -0.39 is 60.4 Å². The summed E-state index contributed by atoms with van der Waals surface area (Å²) in [5, 5.41) is 56.8. The second kappa shape index (κ2) is 86.4. The lowest BCUT2D eigenvalue weighted by Crippen LogP contribution is -2.52. The van der Waals surface area contributed by atoms with Crippen LogP contribution < -0.4 is 0 Å². The van der Waals surface area contributed by atoms with Crippen LogP contribution in [0.15, 0.2) is 60.8 Å². The molecule has 1 rings (SSSR count). The summed E-state index contributed by atoms with van der Waals surface area (Å²) < 4.78 is 83.1. The molecule has 1 aliphatic rings. The number of esters is 5. The van der Waals surface area contributed by atoms with Crippen molar-refractivity contribution in [2.24, 2.45) is 0 Å². The fraction of sp³-hybridized carbons (Fsp3) is 0.833. The van der Waals surface area contributed by atoms with Crippen LogP contribution in [0, 0.1) is 0 Å². The highest BCUT2D eigenvalue weighted by Gasteiger charge is 2.30. The number of rotatable bonds is 89. The Balaban J connectivity index is 3.23. The number of carbonyl (C=O) groups excluding carboxylic acids is 5. The molecule has 0 aliphatic carbocycles. The van der Waals surface area contributed by atoms with Crippen LogP contribution in [0.2, 0.25) is 0 Å². The van der Waals surface area contributed by atoms with E-state index in [2.05, 4.69) is 105 Å². The van der Waals surface area contributed by atoms with Gasteiger partial charge in [-0.25, -0.2) is 24.0 Å². The largest absolute Gasteiger partial charge is 0.464 e. The minimum absolute atomic E-state index is 0.0636. The van der Waals surface area contributed by atoms with Crippen molar-refractivity contribution in [3.8, 4) is 0 Å². The van der Waals surface area contributed by atoms with E-state index in [9.17, 15) is 49.5 Å². The molecule has 1 aliphatic heterocycles. The summed E-state index contributed by atoms with van der Waals surface area (Å²) in [5.74, 6) is -4.12. The Morgan fingerprint density at radius 3 is 0.658 bits per heavy atom. The van der Waals surface area contributed by atoms with Crippen molar-refractivity contribution in [2.45, 2.75) is 258 Å². The average Bonchev–Trinajstić information content (AvgIpc) is 0.886. The smallest absolute Gasteiger partial charge is 0.336 e. The van der Waals surface area contributed by atoms with Gasteiger partial charge in [0, 0.05) is 131 Å². The van der Waals surface area contributed by atoms with Crippen molar-refractivity contribution in [3.63, 3.8) is 0 Å². The molecule has 30 nitrogen and oxygen atoms in total. The Hall–Kier alpha value is -4.75. The van der Waals surface area contributed by atoms with Gasteiger partial charge >= 0.3 is 29.8 Å². The number of aliphatic hydroxyl groups excluding tert-OH is 5. The van der Waals surface area contributed by atoms with Gasteiger partial charge in [0.15, 0.2) is 30.5 Å². The molecule has 0 aromatic carbocycles. The molecular weight excluding hydrogens is 1550 g/mol. The van der Waals surface area contributed by atoms with E-state index >= 15 is 0 Å². The number of nitrogens with zero attached hydrogens (tertiary/aromatic N) is 5. The molecule has 120 heavy (non-hydrogen) atoms. The predicted octanol–water partition coefficient (Wildman–Crippen LogP) is 10.6. The zero-order valence-corrected chi connectivity index (χ0v) is 74.8. The molecule has 0 amide bonds. The third-order valence-electron chi connectivity index (χ3n) is 19.3. The van der Waals surface area contributed by atoms with Crippen molar-refractivity contribution in [3.05, 3.63) is 60.8 Å². The molecule has 1 fully saturated rings. The highest BCUT2D eigenvalue weighted by Crippen LogP contribution is 2.13. The van der Waals surface area contributed by atoms with Gasteiger partial charge in [-0.15, -0.1) is 0 Å². The molecule has 0 radical (unpaired) electrons. The Morgan fingerprint density at radius 1 is 0.250 bits per heavy atom. The first-order valence-electron chi connectivity index (χ1n) is 45.6. The second-order valence-electron chi connectivity index (χ2n) is 30.0. The van der Waals surface area contributed by atoms with E-state index in [0.29, 0.717) is 144 Å². The summed E-state index contributed by atoms with van der Waals surface area (Å²) in [4.78, 5) is 76.4. The molecule has 30 heteroatoms. The Kier molecular flexibility index (Phi) is 81.5. The number of carbonyl (C=O) groups is 5. The fourth-order valence-electron chi connectivity index (χ4n) is 12.2. The summed E-state index contributed by atoms with van der Waals surface area (Å²) in [5.41, 5.74) is 0. The summed E-state index contributed by atoms with van der Waals surface area (Å²) in [7, 11) is 0. The lowest BCUT2D eigenvalue weighted by atomic mass is 10.2. The van der Waals surface area contributed by atoms with E-state index in [1.165, 1.54) is 0 Å². The fourth-order valence-corrected chi connectivity index (χ4v) is 12.2. The van der Waals surface area contributed by atoms with Crippen molar-refractivity contribution < 1.29 is 121 Å². The van der Waals surface area contributed by atoms with Gasteiger partial charge in [0.05, 0.1) is 66.1 Å². The SMILES string of the molecule is CC/C=C\CCOCOCCCCCCOC(=O)C(O)CN(CCN1CCN(CCN(CC(O)C(=O)OCCCCCCOCOCC/C=C\CC)CC(O)C(=O)OCCCCCCOCOCC/C=C\CC)CC1)CCN(CC(O)C(=O)OCCCCCCOCOCC/C=C\CC)CC(O)C(=O)OCCCCCCOCOCC/C=C\CC. The molecule has 1 saturated heterocycles. The Morgan fingerprint density at radius 2 is 0.433 bits per heavy atom. The first kappa shape index (κ1) is 113. The minimum Gasteiger partial charge on any atom is -0.464 e. The topological polar surface area (TPSA) is 341 Å². The molecule has 0 spiro atoms. The molecular formula is C90H165N5O25. The number of aliphatic hydroxyl groups is 5. The minimum atomic E-state index is -1.66. The quantitative estimate of drug-likeness (QED) is 0.0124. The van der Waals surface area contributed by atoms with Gasteiger partial charge in [0.25, 0.3) is 0 Å². The lowest BCUT2D eigenvalue weighted by molar-refractivity contribution is -0.158. The molecule has 700 valence electrons. The van der Waals surface area contributed by atoms with Gasteiger partial charge in [-0.05, 0) is 161 Å². The van der Waals surface area contributed by atoms with Crippen molar-refractivity contribution >= 4 is 29.8 Å². The molecule has 5 atom stereocenters. The molecule has 0 aromatic rings. The van der Waals surface area contributed by atoms with E-state index in [4.69, 9.17) is 71.1 Å². The first-order chi connectivity index (χ1) is 58.7. The van der Waals surface area contributed by atoms with Gasteiger partial charge in [-0.1, -0.05) is 127 Å². The maximum absolute atomic E-state index is 13.5. The van der Waals surface area contributed by atoms with E-state index in [0.717, 1.165) is 161 Å². The second-order valence-corrected chi connectivity index (χ2v) is 30.0. The highest BCUT2D eigenvalue weighted by molar-refractivity contribution is 5.76. The third-order valence-corrected chi connectivity index (χ3v) is 19.3. The monoisotopic (exact) mass is 1720 g/mol. The lowest BCUT2D eigenvalue weighted by Gasteiger charge is -2.37. The Bertz CT molecular complexity index is 2380. The summed E-state index contributed by atoms with van der Waals surface area (Å²) in [6.45, 7) is 20.7. The predicted molar refractivity (Wildman–Crippen MR) is 463 cm³/mol. The van der Waals surface area contributed by atoms with Crippen LogP contribution in [0.1, 0.15) is 227 Å². The number of hydrogen-bond donors (Lipinski definition) is 5. The summed E-state index contributed by atoms with van der Waals surface area (Å²) in [6.07, 6.45) is 37.1. The van der Waals surface area contributed by atoms with E-state index in [1.54, 1.807) is 9.80 Å². The molecule has 0 bridgehead atoms. The number of unbranched alkanes of at least 4 members (excludes halogenated alkanes) is 15. The van der Waals surface area contributed by atoms with Gasteiger partial charge < -0.3 is 96.6 Å². The number of allylic oxidation sites excluding steroid dienone is 5. The van der Waals surface area contributed by atoms with Crippen LogP contribution in [0.3, 0.4) is 0 Å². The molecule has 0 aromatic heterocycles. The van der Waals surface area contributed by atoms with Crippen LogP contribution in [0.4, 0.5) is 0 Å². The molecule has 5 N–H and O–H groups in total. The van der Waals surface area contributed by atoms with Gasteiger partial charge in [-0.3, -0.25) is 24.5 Å². The zero-order valence-electron chi connectivity index (χ0n) is 74.8. The van der Waals surface area contributed by atoms with Gasteiger partial charge in [-0.2, -0.15) is 0 Å². The van der Waals surface area contributed by atoms with Crippen LogP contribution in [-0.2, 0) is 95.0 Å². The normalized spacial score (nSPS) is 14.5. The standard InChI is InChI=1S/C90H165N5O25/c1-6-11-16-31-56-106-76-111-61-36-21-26-41-66-116-86(101)81(96)71-93(53-55-95(74-84(99)89(104)119-69-44-29-24-39-64-114-79-109-59-34-19-14-9-4)75-85(100)90(105)120-70-45-30-25-40-65-115-80-110-60-35-20-15-10-5)52-50-91-46-48-92(49-47-91)51-54-94(72-82(97)87(102)117-67-42-27-22-37-62-112-77-107-57-32-17-12-7-2)73-83(98)88(103)118-68-43-28-23-38-63-113-78-108-58-33-18-13-8-3/h11-20,81-85,96-100H,6-10,21-80H2,1-5H3/b16-11-,17-12-,18-13-,19-14-,20-15-. The Labute approximate surface area is 721 Å². The average molecular weight is 1720 g/mol. The van der Waals surface area contributed by atoms with Crippen LogP contribution in [0.5, 0.6) is 0 Å². The summed E-state index contributed by atoms with van der Waals surface area (Å²) >= 11 is 0. The van der Waals surface area contributed by atoms with E-state index in [-0.39, 0.29) is 119 Å². The van der Waals surface area contributed by atoms with Crippen LogP contribution in [0.25, 0.3) is 0 Å². The maximum atomic E-state index is 13.5. The molecule has 5 unspecified atom stereocenters. The highest BCUT2D eigenvalue weighted by atomic mass is 16.7. The van der Waals surface area contributed by atoms with Crippen LogP contribution >= 0.6 is 0 Å². The van der Waals surface area contributed by atoms with Crippen molar-refractivity contribution in [1.29, 1.82) is 0 Å². The molecule has 1 heterocycles. The molecule has 0 saturated carbocycles. The zero-order chi connectivity index (χ0) is 87.3. The number of ether oxygens (including phenoxy) is 15. The van der Waals surface area contributed by atoms with Crippen molar-refractivity contribution in [2.75, 3.05) is 231 Å². The first-order valence-corrected chi connectivity index (χ1v) is 45.6. The third kappa shape index (κ3) is 72.5. The van der Waals surface area contributed by atoms with Gasteiger partial charge in [0.2, 0.25) is 0 Å². The maximum Gasteiger partial charge on any atom is 0.336 e. The van der Waals surface area contributed by atoms with Crippen LogP contribution in [-0.4, -0.2) is 342 Å². The summed E-state index contributed by atoms with van der Waals surface area (Å²) in [6, 6.07) is 0. The van der Waals surface area contributed by atoms with Gasteiger partial charge in [0.1, 0.15) is 34.0 Å².